The molecule has 8 nitrogen and oxygen atoms in total. The maximum absolute atomic E-state index is 12.6. The van der Waals surface area contributed by atoms with E-state index in [-0.39, 0.29) is 5.91 Å². The summed E-state index contributed by atoms with van der Waals surface area (Å²) >= 11 is 1.42. The van der Waals surface area contributed by atoms with Crippen molar-refractivity contribution in [2.75, 3.05) is 0 Å². The minimum Gasteiger partial charge on any atom is -0.347 e. The highest BCUT2D eigenvalue weighted by Gasteiger charge is 2.13. The van der Waals surface area contributed by atoms with Crippen molar-refractivity contribution in [3.05, 3.63) is 102 Å². The zero-order chi connectivity index (χ0) is 21.8. The Kier molecular flexibility index (Phi) is 5.54. The second kappa shape index (κ2) is 8.94. The third kappa shape index (κ3) is 4.47. The van der Waals surface area contributed by atoms with Crippen LogP contribution in [0, 0.1) is 0 Å². The molecule has 3 aromatic heterocycles. The number of para-hydroxylation sites is 1. The summed E-state index contributed by atoms with van der Waals surface area (Å²) < 4.78 is 3.55. The molecule has 0 saturated heterocycles. The van der Waals surface area contributed by atoms with Crippen LogP contribution in [0.4, 0.5) is 0 Å². The molecule has 2 aromatic carbocycles. The number of carbonyl (C=O) groups is 1. The number of benzene rings is 2. The molecule has 3 heterocycles. The Morgan fingerprint density at radius 2 is 1.91 bits per heavy atom. The van der Waals surface area contributed by atoms with Crippen LogP contribution < -0.4 is 5.32 Å². The SMILES string of the molecule is O=C(NCc1cccc(Cn2cncn2)c1)c1csc(-c2cnn(-c3ccccc3)c2)n1. The Balaban J connectivity index is 1.23. The van der Waals surface area contributed by atoms with Gasteiger partial charge in [0.25, 0.3) is 5.91 Å². The lowest BCUT2D eigenvalue weighted by Gasteiger charge is -2.06. The van der Waals surface area contributed by atoms with Crippen LogP contribution in [0.15, 0.2) is 85.0 Å². The second-order valence-corrected chi connectivity index (χ2v) is 8.00. The summed E-state index contributed by atoms with van der Waals surface area (Å²) in [5, 5.41) is 14.0. The van der Waals surface area contributed by atoms with Crippen molar-refractivity contribution in [3.63, 3.8) is 0 Å². The van der Waals surface area contributed by atoms with E-state index >= 15 is 0 Å². The van der Waals surface area contributed by atoms with E-state index in [0.717, 1.165) is 27.4 Å². The van der Waals surface area contributed by atoms with Gasteiger partial charge in [0, 0.05) is 23.7 Å². The van der Waals surface area contributed by atoms with Crippen LogP contribution in [0.5, 0.6) is 0 Å². The van der Waals surface area contributed by atoms with Crippen LogP contribution in [0.1, 0.15) is 21.6 Å². The first kappa shape index (κ1) is 19.8. The number of amides is 1. The van der Waals surface area contributed by atoms with Crippen molar-refractivity contribution >= 4 is 17.2 Å². The van der Waals surface area contributed by atoms with Crippen molar-refractivity contribution in [1.29, 1.82) is 0 Å². The summed E-state index contributed by atoms with van der Waals surface area (Å²) in [6.07, 6.45) is 6.86. The first-order valence-electron chi connectivity index (χ1n) is 9.99. The molecule has 0 atom stereocenters. The molecule has 0 saturated carbocycles. The molecular formula is C23H19N7OS. The van der Waals surface area contributed by atoms with E-state index in [2.05, 4.69) is 25.5 Å². The van der Waals surface area contributed by atoms with Gasteiger partial charge in [0.1, 0.15) is 23.4 Å². The average Bonchev–Trinajstić information content (AvgIpc) is 3.60. The zero-order valence-electron chi connectivity index (χ0n) is 17.0. The second-order valence-electron chi connectivity index (χ2n) is 7.14. The molecule has 0 radical (unpaired) electrons. The van der Waals surface area contributed by atoms with Crippen LogP contribution in [0.2, 0.25) is 0 Å². The Morgan fingerprint density at radius 3 is 2.75 bits per heavy atom. The van der Waals surface area contributed by atoms with E-state index in [0.29, 0.717) is 18.8 Å². The molecule has 158 valence electrons. The normalized spacial score (nSPS) is 10.9. The van der Waals surface area contributed by atoms with Gasteiger partial charge in [-0.1, -0.05) is 42.5 Å². The van der Waals surface area contributed by atoms with Gasteiger partial charge in [-0.3, -0.25) is 4.79 Å². The molecule has 1 amide bonds. The van der Waals surface area contributed by atoms with Gasteiger partial charge < -0.3 is 5.32 Å². The first-order chi connectivity index (χ1) is 15.7. The third-order valence-corrected chi connectivity index (χ3v) is 5.73. The van der Waals surface area contributed by atoms with Gasteiger partial charge in [0.2, 0.25) is 0 Å². The van der Waals surface area contributed by atoms with Crippen LogP contribution >= 0.6 is 11.3 Å². The highest BCUT2D eigenvalue weighted by atomic mass is 32.1. The number of rotatable bonds is 7. The Bertz CT molecular complexity index is 1330. The smallest absolute Gasteiger partial charge is 0.271 e. The van der Waals surface area contributed by atoms with Gasteiger partial charge in [0.15, 0.2) is 0 Å². The van der Waals surface area contributed by atoms with Crippen molar-refractivity contribution in [2.24, 2.45) is 0 Å². The first-order valence-corrected chi connectivity index (χ1v) is 10.9. The number of thiazole rings is 1. The predicted molar refractivity (Wildman–Crippen MR) is 121 cm³/mol. The molecule has 9 heteroatoms. The number of hydrogen-bond acceptors (Lipinski definition) is 6. The molecule has 0 bridgehead atoms. The van der Waals surface area contributed by atoms with Crippen LogP contribution in [0.25, 0.3) is 16.3 Å². The molecule has 32 heavy (non-hydrogen) atoms. The number of nitrogens with zero attached hydrogens (tertiary/aromatic N) is 6. The fourth-order valence-electron chi connectivity index (χ4n) is 3.28. The van der Waals surface area contributed by atoms with Crippen LogP contribution in [0.3, 0.4) is 0 Å². The number of hydrogen-bond donors (Lipinski definition) is 1. The standard InChI is InChI=1S/C23H19N7OS/c31-22(25-10-17-5-4-6-18(9-17)12-29-16-24-15-27-29)21-14-32-23(28-21)19-11-26-30(13-19)20-7-2-1-3-8-20/h1-9,11,13-16H,10,12H2,(H,25,31). The number of nitrogens with one attached hydrogen (secondary N) is 1. The fourth-order valence-corrected chi connectivity index (χ4v) is 4.05. The van der Waals surface area contributed by atoms with Crippen molar-refractivity contribution in [1.82, 2.24) is 34.8 Å². The number of carbonyl (C=O) groups excluding carboxylic acids is 1. The van der Waals surface area contributed by atoms with E-state index in [1.165, 1.54) is 17.7 Å². The largest absolute Gasteiger partial charge is 0.347 e. The molecule has 5 aromatic rings. The topological polar surface area (TPSA) is 90.5 Å². The molecule has 1 N–H and O–H groups in total. The predicted octanol–water partition coefficient (Wildman–Crippen LogP) is 3.57. The minimum atomic E-state index is -0.204. The van der Waals surface area contributed by atoms with Crippen molar-refractivity contribution in [2.45, 2.75) is 13.1 Å². The molecule has 5 rings (SSSR count). The lowest BCUT2D eigenvalue weighted by Crippen LogP contribution is -2.23. The maximum atomic E-state index is 12.6. The van der Waals surface area contributed by atoms with Gasteiger partial charge in [-0.2, -0.15) is 10.2 Å². The fraction of sp³-hybridized carbons (Fsp3) is 0.0870. The highest BCUT2D eigenvalue weighted by molar-refractivity contribution is 7.13. The molecule has 0 aliphatic heterocycles. The number of aromatic nitrogens is 6. The zero-order valence-corrected chi connectivity index (χ0v) is 17.8. The van der Waals surface area contributed by atoms with Crippen molar-refractivity contribution in [3.8, 4) is 16.3 Å². The van der Waals surface area contributed by atoms with Crippen molar-refractivity contribution < 1.29 is 4.79 Å². The highest BCUT2D eigenvalue weighted by Crippen LogP contribution is 2.24. The third-order valence-electron chi connectivity index (χ3n) is 4.84. The molecule has 0 unspecified atom stereocenters. The van der Waals surface area contributed by atoms with Gasteiger partial charge >= 0.3 is 0 Å². The quantitative estimate of drug-likeness (QED) is 0.417. The Labute approximate surface area is 188 Å². The Hall–Kier alpha value is -4.11. The molecule has 0 aliphatic carbocycles. The van der Waals surface area contributed by atoms with Gasteiger partial charge in [-0.15, -0.1) is 11.3 Å². The molecule has 0 aliphatic rings. The van der Waals surface area contributed by atoms with E-state index < -0.39 is 0 Å². The monoisotopic (exact) mass is 441 g/mol. The van der Waals surface area contributed by atoms with E-state index in [1.54, 1.807) is 27.3 Å². The summed E-state index contributed by atoms with van der Waals surface area (Å²) in [6, 6.07) is 17.9. The van der Waals surface area contributed by atoms with E-state index in [9.17, 15) is 4.79 Å². The lowest BCUT2D eigenvalue weighted by molar-refractivity contribution is 0.0946. The van der Waals surface area contributed by atoms with E-state index in [4.69, 9.17) is 0 Å². The molecular weight excluding hydrogens is 422 g/mol. The summed E-state index contributed by atoms with van der Waals surface area (Å²) in [6.45, 7) is 1.05. The summed E-state index contributed by atoms with van der Waals surface area (Å²) in [5.74, 6) is -0.204. The summed E-state index contributed by atoms with van der Waals surface area (Å²) in [5.41, 5.74) is 4.35. The van der Waals surface area contributed by atoms with Gasteiger partial charge in [0.05, 0.1) is 18.4 Å². The van der Waals surface area contributed by atoms with Crippen LogP contribution in [-0.4, -0.2) is 35.4 Å². The Morgan fingerprint density at radius 1 is 1.03 bits per heavy atom. The summed E-state index contributed by atoms with van der Waals surface area (Å²) in [7, 11) is 0. The van der Waals surface area contributed by atoms with E-state index in [1.807, 2.05) is 60.8 Å². The minimum absolute atomic E-state index is 0.204. The summed E-state index contributed by atoms with van der Waals surface area (Å²) in [4.78, 5) is 21.1. The maximum Gasteiger partial charge on any atom is 0.271 e. The molecule has 0 spiro atoms. The molecule has 0 fully saturated rings. The average molecular weight is 442 g/mol. The van der Waals surface area contributed by atoms with Gasteiger partial charge in [-0.05, 0) is 23.3 Å². The lowest BCUT2D eigenvalue weighted by atomic mass is 10.1. The van der Waals surface area contributed by atoms with Gasteiger partial charge in [-0.25, -0.2) is 19.3 Å². The van der Waals surface area contributed by atoms with Crippen LogP contribution in [-0.2, 0) is 13.1 Å².